The number of rotatable bonds is 13. The Bertz CT molecular complexity index is 1610. The first kappa shape index (κ1) is 38.1. The van der Waals surface area contributed by atoms with Gasteiger partial charge in [-0.15, -0.1) is 0 Å². The van der Waals surface area contributed by atoms with Gasteiger partial charge < -0.3 is 14.7 Å². The van der Waals surface area contributed by atoms with Crippen LogP contribution < -0.4 is 0 Å². The van der Waals surface area contributed by atoms with E-state index in [-0.39, 0.29) is 66.8 Å². The number of hydrogen-bond acceptors (Lipinski definition) is 6. The van der Waals surface area contributed by atoms with E-state index in [4.69, 9.17) is 9.84 Å². The predicted octanol–water partition coefficient (Wildman–Crippen LogP) is 8.22. The van der Waals surface area contributed by atoms with E-state index in [0.29, 0.717) is 50.8 Å². The minimum absolute atomic E-state index is 0.0143. The molecule has 278 valence electrons. The van der Waals surface area contributed by atoms with Gasteiger partial charge in [-0.2, -0.15) is 31.4 Å². The number of ether oxygens (including phenoxy) is 1. The van der Waals surface area contributed by atoms with Gasteiger partial charge in [0.25, 0.3) is 0 Å². The van der Waals surface area contributed by atoms with Crippen LogP contribution >= 0.6 is 0 Å². The SMILES string of the molecule is CC[C@@H]1CC([C@H]2C(Cc3cc(C(F)(F)F)cc(C(F)(F)F)c3)C2Cc2ncc(-c3cnn(C)c3)cn2)C[C@H](CC)N1C(=O)OCCCCC(=O)O. The van der Waals surface area contributed by atoms with Gasteiger partial charge in [-0.3, -0.25) is 9.48 Å². The molecule has 3 aromatic rings. The van der Waals surface area contributed by atoms with E-state index < -0.39 is 35.5 Å². The van der Waals surface area contributed by atoms with Crippen LogP contribution in [0.25, 0.3) is 11.1 Å². The number of benzene rings is 1. The molecule has 0 radical (unpaired) electrons. The van der Waals surface area contributed by atoms with Crippen molar-refractivity contribution in [2.75, 3.05) is 6.61 Å². The highest BCUT2D eigenvalue weighted by Gasteiger charge is 2.56. The first-order valence-corrected chi connectivity index (χ1v) is 17.3. The fourth-order valence-electron chi connectivity index (χ4n) is 7.82. The molecule has 1 amide bonds. The zero-order chi connectivity index (χ0) is 37.1. The Morgan fingerprint density at radius 2 is 1.45 bits per heavy atom. The third kappa shape index (κ3) is 9.39. The van der Waals surface area contributed by atoms with Gasteiger partial charge in [-0.05, 0) is 92.4 Å². The number of aryl methyl sites for hydroxylation is 1. The summed E-state index contributed by atoms with van der Waals surface area (Å²) in [5.74, 6) is -0.679. The van der Waals surface area contributed by atoms with Crippen LogP contribution in [0.2, 0.25) is 0 Å². The molecule has 3 heterocycles. The molecule has 1 saturated heterocycles. The van der Waals surface area contributed by atoms with Crippen LogP contribution in [0.4, 0.5) is 31.1 Å². The number of unbranched alkanes of at least 4 members (excludes halogenated alkanes) is 1. The van der Waals surface area contributed by atoms with Crippen molar-refractivity contribution in [3.8, 4) is 11.1 Å². The van der Waals surface area contributed by atoms with E-state index >= 15 is 0 Å². The van der Waals surface area contributed by atoms with Gasteiger partial charge in [0.15, 0.2) is 0 Å². The van der Waals surface area contributed by atoms with Gasteiger partial charge in [0.1, 0.15) is 5.82 Å². The van der Waals surface area contributed by atoms with Crippen molar-refractivity contribution in [1.82, 2.24) is 24.6 Å². The summed E-state index contributed by atoms with van der Waals surface area (Å²) in [6.45, 7) is 4.03. The summed E-state index contributed by atoms with van der Waals surface area (Å²) >= 11 is 0. The average Bonchev–Trinajstić information content (AvgIpc) is 3.54. The number of alkyl halides is 6. The highest BCUT2D eigenvalue weighted by Crippen LogP contribution is 2.58. The predicted molar refractivity (Wildman–Crippen MR) is 174 cm³/mol. The molecule has 2 fully saturated rings. The molecule has 15 heteroatoms. The lowest BCUT2D eigenvalue weighted by Crippen LogP contribution is -2.52. The van der Waals surface area contributed by atoms with E-state index in [1.165, 1.54) is 0 Å². The van der Waals surface area contributed by atoms with E-state index in [1.807, 2.05) is 20.0 Å². The van der Waals surface area contributed by atoms with Crippen LogP contribution in [0.5, 0.6) is 0 Å². The summed E-state index contributed by atoms with van der Waals surface area (Å²) in [6, 6.07) is 1.44. The van der Waals surface area contributed by atoms with Crippen LogP contribution in [0, 0.1) is 23.7 Å². The number of carboxylic acid groups (broad SMARTS) is 1. The van der Waals surface area contributed by atoms with Gasteiger partial charge in [-0.1, -0.05) is 13.8 Å². The standard InChI is InChI=1S/C36H43F6N5O4/c1-4-27-13-22(14-28(5-2)47(27)34(50)51-9-7-6-8-32(48)49)33-29(12-21-10-25(35(37,38)39)15-26(11-21)36(40,41)42)30(33)16-31-43-17-23(18-44-31)24-19-45-46(3)20-24/h10-11,15,17-20,22,27-30,33H,4-9,12-14,16H2,1-3H3,(H,48,49)/t22?,27-,28+,29?,30?,33-/m0/s1. The number of piperidine rings is 1. The molecule has 0 bridgehead atoms. The molecule has 51 heavy (non-hydrogen) atoms. The monoisotopic (exact) mass is 723 g/mol. The molecule has 1 saturated carbocycles. The second-order valence-corrected chi connectivity index (χ2v) is 13.7. The number of halogens is 6. The van der Waals surface area contributed by atoms with Gasteiger partial charge in [-0.25, -0.2) is 14.8 Å². The summed E-state index contributed by atoms with van der Waals surface area (Å²) in [6.07, 6.45) is 0.225. The highest BCUT2D eigenvalue weighted by molar-refractivity contribution is 5.69. The summed E-state index contributed by atoms with van der Waals surface area (Å²) in [5.41, 5.74) is -1.09. The minimum atomic E-state index is -4.94. The summed E-state index contributed by atoms with van der Waals surface area (Å²) in [4.78, 5) is 35.0. The molecular weight excluding hydrogens is 680 g/mol. The van der Waals surface area contributed by atoms with Gasteiger partial charge in [0, 0.05) is 61.7 Å². The molecule has 1 aliphatic heterocycles. The van der Waals surface area contributed by atoms with Crippen molar-refractivity contribution in [2.24, 2.45) is 30.7 Å². The smallest absolute Gasteiger partial charge is 0.416 e. The maximum atomic E-state index is 13.7. The van der Waals surface area contributed by atoms with Crippen molar-refractivity contribution in [3.63, 3.8) is 0 Å². The van der Waals surface area contributed by atoms with Gasteiger partial charge in [0.2, 0.25) is 0 Å². The summed E-state index contributed by atoms with van der Waals surface area (Å²) < 4.78 is 89.6. The second kappa shape index (κ2) is 15.6. The summed E-state index contributed by atoms with van der Waals surface area (Å²) in [5, 5.41) is 13.0. The number of nitrogens with zero attached hydrogens (tertiary/aromatic N) is 5. The van der Waals surface area contributed by atoms with Crippen molar-refractivity contribution < 1.29 is 45.8 Å². The Morgan fingerprint density at radius 1 is 0.863 bits per heavy atom. The molecule has 5 rings (SSSR count). The molecule has 1 N–H and O–H groups in total. The fraction of sp³-hybridized carbons (Fsp3) is 0.583. The number of carbonyl (C=O) groups excluding carboxylic acids is 1. The molecule has 2 aliphatic rings. The fourth-order valence-corrected chi connectivity index (χ4v) is 7.82. The number of carbonyl (C=O) groups is 2. The van der Waals surface area contributed by atoms with Crippen molar-refractivity contribution in [3.05, 3.63) is 65.5 Å². The molecule has 9 nitrogen and oxygen atoms in total. The third-order valence-corrected chi connectivity index (χ3v) is 10.3. The number of aromatic nitrogens is 4. The molecule has 0 spiro atoms. The lowest BCUT2D eigenvalue weighted by molar-refractivity contribution is -0.143. The first-order chi connectivity index (χ1) is 24.1. The summed E-state index contributed by atoms with van der Waals surface area (Å²) in [7, 11) is 1.79. The van der Waals surface area contributed by atoms with E-state index in [2.05, 4.69) is 15.1 Å². The van der Waals surface area contributed by atoms with Crippen LogP contribution in [0.1, 0.15) is 81.3 Å². The van der Waals surface area contributed by atoms with Crippen molar-refractivity contribution in [2.45, 2.75) is 96.1 Å². The normalized spacial score (nSPS) is 23.7. The Kier molecular flexibility index (Phi) is 11.6. The van der Waals surface area contributed by atoms with Crippen LogP contribution in [0.3, 0.4) is 0 Å². The molecule has 1 aromatic carbocycles. The average molecular weight is 724 g/mol. The largest absolute Gasteiger partial charge is 0.481 e. The number of amides is 1. The van der Waals surface area contributed by atoms with Crippen LogP contribution in [0.15, 0.2) is 43.0 Å². The quantitative estimate of drug-likeness (QED) is 0.140. The van der Waals surface area contributed by atoms with Crippen LogP contribution in [-0.4, -0.2) is 60.5 Å². The number of carboxylic acids is 1. The van der Waals surface area contributed by atoms with Crippen molar-refractivity contribution in [1.29, 1.82) is 0 Å². The Hall–Kier alpha value is -4.17. The van der Waals surface area contributed by atoms with Gasteiger partial charge in [0.05, 0.1) is 23.9 Å². The van der Waals surface area contributed by atoms with Crippen LogP contribution in [-0.2, 0) is 41.8 Å². The maximum Gasteiger partial charge on any atom is 0.416 e. The van der Waals surface area contributed by atoms with E-state index in [9.17, 15) is 35.9 Å². The number of likely N-dealkylation sites (tertiary alicyclic amines) is 1. The Labute approximate surface area is 292 Å². The zero-order valence-corrected chi connectivity index (χ0v) is 28.8. The van der Waals surface area contributed by atoms with Gasteiger partial charge >= 0.3 is 24.4 Å². The zero-order valence-electron chi connectivity index (χ0n) is 28.8. The van der Waals surface area contributed by atoms with E-state index in [0.717, 1.165) is 23.3 Å². The third-order valence-electron chi connectivity index (χ3n) is 10.3. The Morgan fingerprint density at radius 3 is 1.96 bits per heavy atom. The molecule has 2 aromatic heterocycles. The lowest BCUT2D eigenvalue weighted by Gasteiger charge is -2.44. The maximum absolute atomic E-state index is 13.7. The number of hydrogen-bond donors (Lipinski definition) is 1. The molecule has 3 unspecified atom stereocenters. The first-order valence-electron chi connectivity index (χ1n) is 17.3. The Balaban J connectivity index is 1.38. The lowest BCUT2D eigenvalue weighted by atomic mass is 9.80. The van der Waals surface area contributed by atoms with E-state index in [1.54, 1.807) is 35.2 Å². The molecule has 1 aliphatic carbocycles. The highest BCUT2D eigenvalue weighted by atomic mass is 19.4. The second-order valence-electron chi connectivity index (χ2n) is 13.7. The minimum Gasteiger partial charge on any atom is -0.481 e. The topological polar surface area (TPSA) is 110 Å². The number of aliphatic carboxylic acids is 1. The molecular formula is C36H43F6N5O4. The van der Waals surface area contributed by atoms with Crippen molar-refractivity contribution >= 4 is 12.1 Å². The molecule has 6 atom stereocenters.